The molecule has 2 aromatic heterocycles. The molecule has 2 atom stereocenters. The van der Waals surface area contributed by atoms with Crippen LogP contribution in [-0.4, -0.2) is 45.6 Å². The maximum atomic E-state index is 11.7. The standard InChI is InChI=1S/C15H14BN6O2.2CH3.2Y/c17-14(23)10-3-1-8-5-21-7-22(16-21)6-9-2-4-11(15(18)24)13(20-9)12(10)19-8;;;;/h1-4H,5-7H2,(H4,17,18,23,24);2*1H3;;/q;2*-1;;/p-2. The number of hydrogen-bond donors (Lipinski definition) is 0. The summed E-state index contributed by atoms with van der Waals surface area (Å²) in [6.45, 7) is 1.87. The number of nitrogens with one attached hydrogen (secondary N) is 2. The summed E-state index contributed by atoms with van der Waals surface area (Å²) in [6, 6.07) is 6.47. The molecule has 2 unspecified atom stereocenters. The molecule has 0 aliphatic carbocycles. The fraction of sp³-hybridized carbons (Fsp3) is 0.176. The van der Waals surface area contributed by atoms with Gasteiger partial charge in [0.2, 0.25) is 0 Å². The van der Waals surface area contributed by atoms with Crippen molar-refractivity contribution in [2.24, 2.45) is 0 Å². The number of aromatic nitrogens is 2. The average Bonchev–Trinajstić information content (AvgIpc) is 2.53. The first kappa shape index (κ1) is 27.4. The van der Waals surface area contributed by atoms with Gasteiger partial charge in [0.05, 0.1) is 34.6 Å². The fourth-order valence-corrected chi connectivity index (χ4v) is 2.94. The van der Waals surface area contributed by atoms with Crippen molar-refractivity contribution >= 4 is 19.4 Å². The van der Waals surface area contributed by atoms with Gasteiger partial charge in [-0.3, -0.25) is 0 Å². The van der Waals surface area contributed by atoms with Crippen LogP contribution in [0.4, 0.5) is 0 Å². The van der Waals surface area contributed by atoms with Crippen LogP contribution >= 0.6 is 0 Å². The van der Waals surface area contributed by atoms with Crippen molar-refractivity contribution in [3.63, 3.8) is 0 Å². The molecule has 2 amide bonds. The second-order valence-corrected chi connectivity index (χ2v) is 5.81. The zero-order valence-electron chi connectivity index (χ0n) is 15.8. The van der Waals surface area contributed by atoms with E-state index < -0.39 is 11.8 Å². The van der Waals surface area contributed by atoms with E-state index in [0.717, 1.165) is 6.67 Å². The van der Waals surface area contributed by atoms with Gasteiger partial charge in [-0.1, -0.05) is 0 Å². The Morgan fingerprint density at radius 3 is 1.50 bits per heavy atom. The van der Waals surface area contributed by atoms with Crippen LogP contribution in [0.15, 0.2) is 24.3 Å². The van der Waals surface area contributed by atoms with Gasteiger partial charge in [0, 0.05) is 96.3 Å². The topological polar surface area (TPSA) is 114 Å². The Bertz CT molecular complexity index is 807. The summed E-state index contributed by atoms with van der Waals surface area (Å²) >= 11 is 0. The Labute approximate surface area is 216 Å². The molecule has 3 radical (unpaired) electrons. The minimum absolute atomic E-state index is 0. The third kappa shape index (κ3) is 5.32. The molecule has 28 heavy (non-hydrogen) atoms. The Balaban J connectivity index is 0.00000182. The third-order valence-corrected chi connectivity index (χ3v) is 4.04. The van der Waals surface area contributed by atoms with Crippen molar-refractivity contribution in [1.82, 2.24) is 19.6 Å². The van der Waals surface area contributed by atoms with Gasteiger partial charge in [-0.25, -0.2) is 9.97 Å². The van der Waals surface area contributed by atoms with Gasteiger partial charge in [0.25, 0.3) is 0 Å². The SMILES string of the molecule is [CH3-].[CH3-].[NH-]C(=O)c1ccc2nc1-c1nc(ccc1C([NH-])=O)CN1[B]N(C2)C1.[Y].[Y]. The molecule has 0 saturated carbocycles. The summed E-state index contributed by atoms with van der Waals surface area (Å²) in [6.07, 6.45) is 0. The number of carbonyl (C=O) groups is 2. The first-order chi connectivity index (χ1) is 11.5. The smallest absolute Gasteiger partial charge is 0.315 e. The Hall–Kier alpha value is -0.567. The Morgan fingerprint density at radius 2 is 1.18 bits per heavy atom. The van der Waals surface area contributed by atoms with Crippen LogP contribution in [0, 0.1) is 14.9 Å². The molecule has 3 aliphatic heterocycles. The van der Waals surface area contributed by atoms with Crippen molar-refractivity contribution in [1.29, 1.82) is 0 Å². The summed E-state index contributed by atoms with van der Waals surface area (Å²) in [5.41, 5.74) is 16.9. The maximum Gasteiger partial charge on any atom is 0.315 e. The van der Waals surface area contributed by atoms with E-state index in [1.807, 2.05) is 7.55 Å². The first-order valence-corrected chi connectivity index (χ1v) is 7.36. The molecule has 11 heteroatoms. The minimum atomic E-state index is -0.894. The number of pyridine rings is 2. The quantitative estimate of drug-likeness (QED) is 0.439. The molecule has 5 rings (SSSR count). The van der Waals surface area contributed by atoms with Gasteiger partial charge in [0.15, 0.2) is 0 Å². The summed E-state index contributed by atoms with van der Waals surface area (Å²) in [5, 5.41) is 0. The molecule has 1 saturated heterocycles. The van der Waals surface area contributed by atoms with Crippen LogP contribution in [0.5, 0.6) is 0 Å². The maximum absolute atomic E-state index is 11.7. The van der Waals surface area contributed by atoms with Gasteiger partial charge < -0.3 is 45.5 Å². The molecule has 141 valence electrons. The number of carbonyl (C=O) groups excluding carboxylic acids is 2. The fourth-order valence-electron chi connectivity index (χ4n) is 2.94. The van der Waals surface area contributed by atoms with E-state index in [-0.39, 0.29) is 103 Å². The predicted molar refractivity (Wildman–Crippen MR) is 99.3 cm³/mol. The van der Waals surface area contributed by atoms with E-state index in [0.29, 0.717) is 24.5 Å². The van der Waals surface area contributed by atoms with Gasteiger partial charge in [-0.2, -0.15) is 0 Å². The number of amides is 2. The zero-order chi connectivity index (χ0) is 16.8. The second kappa shape index (κ2) is 11.0. The summed E-state index contributed by atoms with van der Waals surface area (Å²) in [4.78, 5) is 36.4. The van der Waals surface area contributed by atoms with E-state index >= 15 is 0 Å². The average molecular weight is 527 g/mol. The number of rotatable bonds is 2. The molecule has 3 aliphatic rings. The predicted octanol–water partition coefficient (Wildman–Crippen LogP) is 2.55. The zero-order valence-corrected chi connectivity index (χ0v) is 21.4. The van der Waals surface area contributed by atoms with Gasteiger partial charge in [-0.15, -0.1) is 0 Å². The molecule has 0 aromatic carbocycles. The van der Waals surface area contributed by atoms with Crippen LogP contribution in [-0.2, 0) is 78.5 Å². The van der Waals surface area contributed by atoms with Crippen LogP contribution in [0.3, 0.4) is 0 Å². The minimum Gasteiger partial charge on any atom is -0.663 e. The largest absolute Gasteiger partial charge is 0.663 e. The summed E-state index contributed by atoms with van der Waals surface area (Å²) in [5.74, 6) is -1.79. The Morgan fingerprint density at radius 1 is 0.821 bits per heavy atom. The van der Waals surface area contributed by atoms with Crippen LogP contribution in [0.25, 0.3) is 22.9 Å². The van der Waals surface area contributed by atoms with E-state index in [2.05, 4.69) is 19.6 Å². The van der Waals surface area contributed by atoms with Gasteiger partial charge in [-0.05, 0) is 24.3 Å². The monoisotopic (exact) mass is 527 g/mol. The van der Waals surface area contributed by atoms with E-state index in [1.165, 1.54) is 12.1 Å². The molecule has 2 N–H and O–H groups in total. The first-order valence-electron chi connectivity index (χ1n) is 7.36. The van der Waals surface area contributed by atoms with E-state index in [1.54, 1.807) is 12.1 Å². The van der Waals surface area contributed by atoms with E-state index in [9.17, 15) is 9.59 Å². The molecular formula is C17H18BN6O2Y2-4. The summed E-state index contributed by atoms with van der Waals surface area (Å²) < 4.78 is 0. The van der Waals surface area contributed by atoms with Crippen LogP contribution in [0.2, 0.25) is 0 Å². The number of hydrogen-bond acceptors (Lipinski definition) is 6. The third-order valence-electron chi connectivity index (χ3n) is 4.04. The van der Waals surface area contributed by atoms with Crippen LogP contribution < -0.4 is 0 Å². The van der Waals surface area contributed by atoms with Crippen molar-refractivity contribution < 1.29 is 75.0 Å². The van der Waals surface area contributed by atoms with Crippen molar-refractivity contribution in [2.45, 2.75) is 13.1 Å². The van der Waals surface area contributed by atoms with Crippen molar-refractivity contribution in [3.05, 3.63) is 73.1 Å². The van der Waals surface area contributed by atoms with Crippen molar-refractivity contribution in [2.75, 3.05) is 6.67 Å². The van der Waals surface area contributed by atoms with Gasteiger partial charge in [0.1, 0.15) is 0 Å². The molecule has 2 aromatic rings. The molecule has 8 nitrogen and oxygen atoms in total. The van der Waals surface area contributed by atoms with Crippen molar-refractivity contribution in [3.8, 4) is 11.4 Å². The molecular weight excluding hydrogens is 509 g/mol. The van der Waals surface area contributed by atoms with Gasteiger partial charge >= 0.3 is 7.55 Å². The normalized spacial score (nSPS) is 18.0. The molecule has 0 spiro atoms. The number of nitrogens with zero attached hydrogens (tertiary/aromatic N) is 4. The molecule has 1 fully saturated rings. The molecule has 6 bridgehead atoms. The summed E-state index contributed by atoms with van der Waals surface area (Å²) in [7, 11) is 1.97. The Kier molecular flexibility index (Phi) is 10.8. The molecule has 5 heterocycles. The second-order valence-electron chi connectivity index (χ2n) is 5.81. The van der Waals surface area contributed by atoms with Crippen LogP contribution in [0.1, 0.15) is 32.1 Å². The van der Waals surface area contributed by atoms with E-state index in [4.69, 9.17) is 11.5 Å².